The van der Waals surface area contributed by atoms with Gasteiger partial charge in [-0.15, -0.1) is 0 Å². The van der Waals surface area contributed by atoms with Crippen LogP contribution >= 0.6 is 0 Å². The Bertz CT molecular complexity index is 1060. The Labute approximate surface area is 188 Å². The summed E-state index contributed by atoms with van der Waals surface area (Å²) >= 11 is 0. The van der Waals surface area contributed by atoms with E-state index >= 15 is 0 Å². The number of nitrogens with one attached hydrogen (secondary N) is 1. The van der Waals surface area contributed by atoms with Crippen molar-refractivity contribution in [3.63, 3.8) is 0 Å². The molecule has 0 bridgehead atoms. The fourth-order valence-corrected chi connectivity index (χ4v) is 4.52. The zero-order valence-electron chi connectivity index (χ0n) is 18.7. The number of nitrogens with zero attached hydrogens (tertiary/aromatic N) is 4. The van der Waals surface area contributed by atoms with Crippen LogP contribution in [-0.4, -0.2) is 51.2 Å². The lowest BCUT2D eigenvalue weighted by molar-refractivity contribution is -0.137. The quantitative estimate of drug-likeness (QED) is 0.511. The van der Waals surface area contributed by atoms with Gasteiger partial charge in [0.1, 0.15) is 5.82 Å². The van der Waals surface area contributed by atoms with E-state index < -0.39 is 5.97 Å². The molecular formula is C24H31N5O3. The van der Waals surface area contributed by atoms with Gasteiger partial charge in [-0.3, -0.25) is 4.79 Å². The van der Waals surface area contributed by atoms with Crippen molar-refractivity contribution in [2.45, 2.75) is 51.5 Å². The third kappa shape index (κ3) is 4.85. The summed E-state index contributed by atoms with van der Waals surface area (Å²) in [5, 5.41) is 12.9. The fourth-order valence-electron chi connectivity index (χ4n) is 4.52. The molecule has 0 amide bonds. The van der Waals surface area contributed by atoms with Crippen molar-refractivity contribution in [3.05, 3.63) is 48.5 Å². The SMILES string of the molecule is CC[C@H](CC(=O)O)c1ccc(N(CC)C2CCOCC2)c(Nc2cn3ccnc3cn2)c1. The average Bonchev–Trinajstić information content (AvgIpc) is 3.27. The van der Waals surface area contributed by atoms with Gasteiger partial charge >= 0.3 is 5.97 Å². The molecule has 1 aliphatic rings. The van der Waals surface area contributed by atoms with Crippen molar-refractivity contribution in [2.75, 3.05) is 30.0 Å². The molecule has 1 aromatic carbocycles. The minimum atomic E-state index is -0.778. The molecule has 170 valence electrons. The number of fused-ring (bicyclic) bond motifs is 1. The highest BCUT2D eigenvalue weighted by Gasteiger charge is 2.24. The van der Waals surface area contributed by atoms with Gasteiger partial charge in [-0.25, -0.2) is 9.97 Å². The van der Waals surface area contributed by atoms with Crippen LogP contribution in [0.1, 0.15) is 51.0 Å². The van der Waals surface area contributed by atoms with Crippen molar-refractivity contribution < 1.29 is 14.6 Å². The van der Waals surface area contributed by atoms with Gasteiger partial charge in [-0.05, 0) is 49.8 Å². The van der Waals surface area contributed by atoms with Crippen LogP contribution in [0.3, 0.4) is 0 Å². The molecule has 2 N–H and O–H groups in total. The smallest absolute Gasteiger partial charge is 0.303 e. The van der Waals surface area contributed by atoms with Crippen LogP contribution in [0.15, 0.2) is 43.0 Å². The maximum Gasteiger partial charge on any atom is 0.303 e. The highest BCUT2D eigenvalue weighted by atomic mass is 16.5. The summed E-state index contributed by atoms with van der Waals surface area (Å²) in [5.41, 5.74) is 3.84. The molecule has 3 aromatic rings. The van der Waals surface area contributed by atoms with E-state index in [1.807, 2.05) is 23.7 Å². The number of aromatic nitrogens is 3. The number of carboxylic acids is 1. The number of hydrogen-bond acceptors (Lipinski definition) is 6. The Kier molecular flexibility index (Phi) is 6.90. The van der Waals surface area contributed by atoms with E-state index in [0.29, 0.717) is 11.9 Å². The van der Waals surface area contributed by atoms with Crippen molar-refractivity contribution in [1.29, 1.82) is 0 Å². The minimum absolute atomic E-state index is 0.0376. The van der Waals surface area contributed by atoms with Crippen LogP contribution in [0.25, 0.3) is 5.65 Å². The summed E-state index contributed by atoms with van der Waals surface area (Å²) in [6.07, 6.45) is 10.2. The second-order valence-electron chi connectivity index (χ2n) is 8.20. The van der Waals surface area contributed by atoms with Crippen molar-refractivity contribution in [2.24, 2.45) is 0 Å². The molecule has 4 rings (SSSR count). The largest absolute Gasteiger partial charge is 0.481 e. The second kappa shape index (κ2) is 9.99. The van der Waals surface area contributed by atoms with Gasteiger partial charge in [-0.1, -0.05) is 13.0 Å². The van der Waals surface area contributed by atoms with Crippen LogP contribution in [-0.2, 0) is 9.53 Å². The Morgan fingerprint density at radius 1 is 1.31 bits per heavy atom. The van der Waals surface area contributed by atoms with Crippen molar-refractivity contribution >= 4 is 28.8 Å². The molecule has 0 saturated carbocycles. The summed E-state index contributed by atoms with van der Waals surface area (Å²) in [5.74, 6) is -0.104. The first kappa shape index (κ1) is 22.1. The Balaban J connectivity index is 1.72. The Hall–Kier alpha value is -3.13. The number of imidazole rings is 1. The van der Waals surface area contributed by atoms with Gasteiger partial charge in [0.2, 0.25) is 0 Å². The summed E-state index contributed by atoms with van der Waals surface area (Å²) in [4.78, 5) is 22.6. The van der Waals surface area contributed by atoms with Gasteiger partial charge in [0.15, 0.2) is 5.65 Å². The molecule has 0 radical (unpaired) electrons. The molecule has 8 nitrogen and oxygen atoms in total. The molecule has 1 saturated heterocycles. The van der Waals surface area contributed by atoms with Crippen LogP contribution in [0.5, 0.6) is 0 Å². The number of hydrogen-bond donors (Lipinski definition) is 2. The lowest BCUT2D eigenvalue weighted by atomic mass is 9.92. The molecule has 1 fully saturated rings. The molecule has 0 unspecified atom stereocenters. The maximum absolute atomic E-state index is 11.4. The predicted molar refractivity (Wildman–Crippen MR) is 125 cm³/mol. The average molecular weight is 438 g/mol. The monoisotopic (exact) mass is 437 g/mol. The van der Waals surface area contributed by atoms with Crippen molar-refractivity contribution in [3.8, 4) is 0 Å². The van der Waals surface area contributed by atoms with Gasteiger partial charge in [-0.2, -0.15) is 0 Å². The summed E-state index contributed by atoms with van der Waals surface area (Å²) in [6, 6.07) is 6.70. The lowest BCUT2D eigenvalue weighted by Gasteiger charge is -2.36. The Morgan fingerprint density at radius 2 is 2.12 bits per heavy atom. The van der Waals surface area contributed by atoms with Crippen molar-refractivity contribution in [1.82, 2.24) is 14.4 Å². The predicted octanol–water partition coefficient (Wildman–Crippen LogP) is 4.45. The number of aliphatic carboxylic acids is 1. The van der Waals surface area contributed by atoms with Crippen LogP contribution in [0.2, 0.25) is 0 Å². The number of benzene rings is 1. The van der Waals surface area contributed by atoms with Gasteiger partial charge in [0.25, 0.3) is 0 Å². The first-order valence-corrected chi connectivity index (χ1v) is 11.3. The first-order chi connectivity index (χ1) is 15.6. The van der Waals surface area contributed by atoms with Gasteiger partial charge < -0.3 is 24.5 Å². The van der Waals surface area contributed by atoms with Crippen LogP contribution in [0, 0.1) is 0 Å². The highest BCUT2D eigenvalue weighted by molar-refractivity contribution is 5.76. The molecule has 1 atom stereocenters. The zero-order valence-corrected chi connectivity index (χ0v) is 18.7. The number of anilines is 3. The number of carbonyl (C=O) groups is 1. The third-order valence-corrected chi connectivity index (χ3v) is 6.23. The van der Waals surface area contributed by atoms with Crippen LogP contribution < -0.4 is 10.2 Å². The summed E-state index contributed by atoms with van der Waals surface area (Å²) in [7, 11) is 0. The first-order valence-electron chi connectivity index (χ1n) is 11.3. The van der Waals surface area contributed by atoms with E-state index in [4.69, 9.17) is 4.74 Å². The number of carboxylic acid groups (broad SMARTS) is 1. The zero-order chi connectivity index (χ0) is 22.5. The topological polar surface area (TPSA) is 92.0 Å². The third-order valence-electron chi connectivity index (χ3n) is 6.23. The number of rotatable bonds is 9. The molecule has 0 aliphatic carbocycles. The molecule has 3 heterocycles. The van der Waals surface area contributed by atoms with Gasteiger partial charge in [0.05, 0.1) is 30.2 Å². The van der Waals surface area contributed by atoms with Crippen LogP contribution in [0.4, 0.5) is 17.2 Å². The molecule has 2 aromatic heterocycles. The fraction of sp³-hybridized carbons (Fsp3) is 0.458. The second-order valence-corrected chi connectivity index (χ2v) is 8.20. The highest BCUT2D eigenvalue weighted by Crippen LogP contribution is 2.36. The lowest BCUT2D eigenvalue weighted by Crippen LogP contribution is -2.39. The standard InChI is InChI=1S/C24H31N5O3/c1-3-17(14-24(30)31)18-5-6-21(29(4-2)19-7-11-32-12-8-19)20(13-18)27-22-16-28-10-9-25-23(28)15-26-22/h5-6,9-10,13,15-17,19,27H,3-4,7-8,11-12,14H2,1-2H3,(H,30,31)/t17-/m1/s1. The van der Waals surface area contributed by atoms with E-state index in [2.05, 4.69) is 45.3 Å². The molecule has 32 heavy (non-hydrogen) atoms. The normalized spacial score (nSPS) is 15.6. The molecule has 0 spiro atoms. The summed E-state index contributed by atoms with van der Waals surface area (Å²) in [6.45, 7) is 6.62. The van der Waals surface area contributed by atoms with E-state index in [0.717, 1.165) is 61.6 Å². The van der Waals surface area contributed by atoms with E-state index in [-0.39, 0.29) is 12.3 Å². The van der Waals surface area contributed by atoms with E-state index in [9.17, 15) is 9.90 Å². The Morgan fingerprint density at radius 3 is 2.84 bits per heavy atom. The summed E-state index contributed by atoms with van der Waals surface area (Å²) < 4.78 is 7.50. The van der Waals surface area contributed by atoms with E-state index in [1.54, 1.807) is 12.4 Å². The maximum atomic E-state index is 11.4. The molecule has 8 heteroatoms. The minimum Gasteiger partial charge on any atom is -0.481 e. The van der Waals surface area contributed by atoms with Gasteiger partial charge in [0, 0.05) is 38.2 Å². The molecular weight excluding hydrogens is 406 g/mol. The molecule has 1 aliphatic heterocycles. The van der Waals surface area contributed by atoms with E-state index in [1.165, 1.54) is 0 Å². The number of ether oxygens (including phenoxy) is 1.